The molecule has 188 valence electrons. The number of hydrogen-bond acceptors (Lipinski definition) is 3. The van der Waals surface area contributed by atoms with Gasteiger partial charge in [0.05, 0.1) is 0 Å². The normalized spacial score (nSPS) is 43.7. The fourth-order valence-corrected chi connectivity index (χ4v) is 9.24. The molecule has 0 aliphatic heterocycles. The van der Waals surface area contributed by atoms with E-state index in [1.807, 2.05) is 0 Å². The Kier molecular flexibility index (Phi) is 6.72. The lowest BCUT2D eigenvalue weighted by Gasteiger charge is -2.61. The Morgan fingerprint density at radius 3 is 2.30 bits per heavy atom. The topological polar surface area (TPSA) is 43.4 Å². The minimum atomic E-state index is -4.71. The molecule has 0 radical (unpaired) electrons. The Bertz CT molecular complexity index is 764. The lowest BCUT2D eigenvalue weighted by molar-refractivity contribution is -0.171. The first-order valence-corrected chi connectivity index (χ1v) is 13.1. The molecule has 4 rings (SSSR count). The maximum Gasteiger partial charge on any atom is 0.449 e. The van der Waals surface area contributed by atoms with Crippen LogP contribution in [0.3, 0.4) is 0 Å². The Morgan fingerprint density at radius 2 is 1.64 bits per heavy atom. The van der Waals surface area contributed by atoms with E-state index in [1.54, 1.807) is 0 Å². The second kappa shape index (κ2) is 8.86. The lowest BCUT2D eigenvalue weighted by atomic mass is 9.44. The van der Waals surface area contributed by atoms with Crippen LogP contribution in [0.4, 0.5) is 13.2 Å². The van der Waals surface area contributed by atoms with Crippen molar-refractivity contribution in [3.8, 4) is 0 Å². The maximum atomic E-state index is 12.7. The van der Waals surface area contributed by atoms with Gasteiger partial charge in [0, 0.05) is 13.3 Å². The molecule has 0 unspecified atom stereocenters. The van der Waals surface area contributed by atoms with Crippen LogP contribution in [-0.4, -0.2) is 24.0 Å². The minimum absolute atomic E-state index is 0.0714. The van der Waals surface area contributed by atoms with Crippen molar-refractivity contribution in [2.75, 3.05) is 0 Å². The number of rotatable bonds is 5. The van der Waals surface area contributed by atoms with Crippen molar-refractivity contribution in [3.63, 3.8) is 0 Å². The van der Waals surface area contributed by atoms with Crippen LogP contribution < -0.4 is 0 Å². The second-order valence-electron chi connectivity index (χ2n) is 12.3. The summed E-state index contributed by atoms with van der Waals surface area (Å²) in [4.78, 5) is 22.9. The summed E-state index contributed by atoms with van der Waals surface area (Å²) in [6, 6.07) is 0. The average Bonchev–Trinajstić information content (AvgIpc) is 3.08. The maximum absolute atomic E-state index is 12.7. The van der Waals surface area contributed by atoms with E-state index in [9.17, 15) is 22.8 Å². The summed E-state index contributed by atoms with van der Waals surface area (Å²) >= 11 is 0. The average molecular weight is 471 g/mol. The number of alkyl halides is 3. The number of carbonyl (C=O) groups is 2. The molecule has 0 aromatic heterocycles. The van der Waals surface area contributed by atoms with Crippen LogP contribution in [0, 0.1) is 46.3 Å². The van der Waals surface area contributed by atoms with E-state index in [-0.39, 0.29) is 29.8 Å². The lowest BCUT2D eigenvalue weighted by Crippen LogP contribution is -2.54. The third-order valence-electron chi connectivity index (χ3n) is 10.9. The van der Waals surface area contributed by atoms with E-state index >= 15 is 0 Å². The first-order chi connectivity index (χ1) is 15.4. The van der Waals surface area contributed by atoms with E-state index in [0.29, 0.717) is 41.4 Å². The van der Waals surface area contributed by atoms with Crippen molar-refractivity contribution < 1.29 is 27.5 Å². The molecule has 9 atom stereocenters. The van der Waals surface area contributed by atoms with Crippen molar-refractivity contribution in [1.29, 1.82) is 0 Å². The molecule has 0 aromatic rings. The third-order valence-corrected chi connectivity index (χ3v) is 10.9. The highest BCUT2D eigenvalue weighted by Gasteiger charge is 2.60. The van der Waals surface area contributed by atoms with Crippen LogP contribution in [0.15, 0.2) is 0 Å². The number of Topliss-reactive ketones (excluding diaryl/α,β-unsaturated/α-hetero) is 1. The highest BCUT2D eigenvalue weighted by molar-refractivity contribution is 5.83. The van der Waals surface area contributed by atoms with E-state index in [2.05, 4.69) is 20.8 Å². The summed E-state index contributed by atoms with van der Waals surface area (Å²) in [5, 5.41) is 0. The Morgan fingerprint density at radius 1 is 0.970 bits per heavy atom. The van der Waals surface area contributed by atoms with Crippen molar-refractivity contribution in [2.24, 2.45) is 46.3 Å². The van der Waals surface area contributed by atoms with Gasteiger partial charge in [-0.1, -0.05) is 20.8 Å². The molecule has 0 heterocycles. The monoisotopic (exact) mass is 470 g/mol. The van der Waals surface area contributed by atoms with Gasteiger partial charge in [-0.3, -0.25) is 9.59 Å². The summed E-state index contributed by atoms with van der Waals surface area (Å²) in [7, 11) is 0. The molecule has 0 aromatic carbocycles. The van der Waals surface area contributed by atoms with Gasteiger partial charge in [-0.05, 0) is 111 Å². The van der Waals surface area contributed by atoms with Gasteiger partial charge in [0.1, 0.15) is 6.10 Å². The van der Waals surface area contributed by atoms with Crippen LogP contribution in [0.5, 0.6) is 0 Å². The molecule has 0 spiro atoms. The van der Waals surface area contributed by atoms with Gasteiger partial charge in [0.25, 0.3) is 0 Å². The molecule has 6 heteroatoms. The fraction of sp³-hybridized carbons (Fsp3) is 0.926. The highest BCUT2D eigenvalue weighted by Crippen LogP contribution is 2.68. The minimum Gasteiger partial charge on any atom is -0.463 e. The van der Waals surface area contributed by atoms with Gasteiger partial charge >= 0.3 is 12.1 Å². The van der Waals surface area contributed by atoms with Crippen LogP contribution in [-0.2, 0) is 14.3 Å². The molecule has 4 aliphatic rings. The van der Waals surface area contributed by atoms with E-state index in [1.165, 1.54) is 32.6 Å². The summed E-state index contributed by atoms with van der Waals surface area (Å²) in [6.07, 6.45) is 5.45. The summed E-state index contributed by atoms with van der Waals surface area (Å²) in [5.41, 5.74) is 0.490. The zero-order chi connectivity index (χ0) is 24.2. The Balaban J connectivity index is 1.43. The largest absolute Gasteiger partial charge is 0.463 e. The number of ketones is 1. The number of hydrogen-bond donors (Lipinski definition) is 0. The number of fused-ring (bicyclic) bond motifs is 5. The molecule has 4 fully saturated rings. The number of ether oxygens (including phenoxy) is 1. The van der Waals surface area contributed by atoms with E-state index in [4.69, 9.17) is 4.74 Å². The van der Waals surface area contributed by atoms with Crippen LogP contribution in [0.1, 0.15) is 98.3 Å². The molecule has 0 N–H and O–H groups in total. The zero-order valence-corrected chi connectivity index (χ0v) is 20.7. The van der Waals surface area contributed by atoms with Crippen molar-refractivity contribution in [2.45, 2.75) is 111 Å². The van der Waals surface area contributed by atoms with Gasteiger partial charge in [-0.25, -0.2) is 0 Å². The van der Waals surface area contributed by atoms with Crippen LogP contribution in [0.25, 0.3) is 0 Å². The SMILES string of the molecule is CC(=O)O[C@H]1CC[C@@]2(C)[C@H](CC[C@@H]3[C@@H]2CC[C@]2(C)[C@@H]([C@H](C)CCC(=O)C(F)(F)F)CC[C@@H]32)C1. The molecular weight excluding hydrogens is 429 g/mol. The molecule has 3 nitrogen and oxygen atoms in total. The molecular formula is C27H41F3O3. The summed E-state index contributed by atoms with van der Waals surface area (Å²) in [6.45, 7) is 8.46. The van der Waals surface area contributed by atoms with E-state index in [0.717, 1.165) is 32.1 Å². The van der Waals surface area contributed by atoms with Crippen LogP contribution >= 0.6 is 0 Å². The Labute approximate surface area is 196 Å². The standard InChI is InChI=1S/C27H41F3O3/c1-16(5-10-24(32)27(28,29)30)21-8-9-22-20-7-6-18-15-19(33-17(2)31)11-13-25(18,3)23(20)12-14-26(21,22)4/h16,18-23H,5-15H2,1-4H3/t16-,18-,19+,20+,21-,22+,23+,25+,26-/m1/s1. The van der Waals surface area contributed by atoms with Gasteiger partial charge in [0.15, 0.2) is 0 Å². The van der Waals surface area contributed by atoms with Crippen molar-refractivity contribution in [3.05, 3.63) is 0 Å². The smallest absolute Gasteiger partial charge is 0.449 e. The third kappa shape index (κ3) is 4.49. The fourth-order valence-electron chi connectivity index (χ4n) is 9.24. The quantitative estimate of drug-likeness (QED) is 0.402. The molecule has 4 saturated carbocycles. The van der Waals surface area contributed by atoms with Crippen molar-refractivity contribution in [1.82, 2.24) is 0 Å². The van der Waals surface area contributed by atoms with Gasteiger partial charge in [-0.2, -0.15) is 13.2 Å². The molecule has 0 bridgehead atoms. The first kappa shape index (κ1) is 25.0. The van der Waals surface area contributed by atoms with E-state index < -0.39 is 12.0 Å². The van der Waals surface area contributed by atoms with Gasteiger partial charge in [0.2, 0.25) is 5.78 Å². The number of carbonyl (C=O) groups excluding carboxylic acids is 2. The zero-order valence-electron chi connectivity index (χ0n) is 20.7. The predicted octanol–water partition coefficient (Wildman–Crippen LogP) is 7.12. The number of esters is 1. The van der Waals surface area contributed by atoms with Gasteiger partial charge in [-0.15, -0.1) is 0 Å². The summed E-state index contributed by atoms with van der Waals surface area (Å²) in [5.74, 6) is 1.47. The number of halogens is 3. The highest BCUT2D eigenvalue weighted by atomic mass is 19.4. The first-order valence-electron chi connectivity index (χ1n) is 13.1. The second-order valence-corrected chi connectivity index (χ2v) is 12.3. The van der Waals surface area contributed by atoms with Crippen LogP contribution in [0.2, 0.25) is 0 Å². The molecule has 4 aliphatic carbocycles. The predicted molar refractivity (Wildman–Crippen MR) is 120 cm³/mol. The molecule has 0 amide bonds. The summed E-state index contributed by atoms with van der Waals surface area (Å²) < 4.78 is 43.6. The molecule has 33 heavy (non-hydrogen) atoms. The molecule has 0 saturated heterocycles. The Hall–Kier alpha value is -1.07. The van der Waals surface area contributed by atoms with Crippen molar-refractivity contribution >= 4 is 11.8 Å². The van der Waals surface area contributed by atoms with Gasteiger partial charge < -0.3 is 4.74 Å².